The van der Waals surface area contributed by atoms with Crippen LogP contribution in [0.5, 0.6) is 0 Å². The molecule has 0 unspecified atom stereocenters. The number of carbonyl (C=O) groups is 1. The van der Waals surface area contributed by atoms with E-state index < -0.39 is 6.10 Å². The van der Waals surface area contributed by atoms with Crippen LogP contribution in [0.25, 0.3) is 0 Å². The van der Waals surface area contributed by atoms with Gasteiger partial charge in [-0.1, -0.05) is 34.6 Å². The standard InChI is InChI=1S/C15H28N4O2/c1-10(2)12(20)9-16-14(21)17-13-7-11(18-19(13)6)8-15(3,4)5/h7,10,12,20H,8-9H2,1-6H3,(H2,16,17,21)/t12-/m0/s1. The molecule has 2 amide bonds. The first kappa shape index (κ1) is 17.5. The Labute approximate surface area is 126 Å². The van der Waals surface area contributed by atoms with Gasteiger partial charge in [0.25, 0.3) is 0 Å². The normalized spacial score (nSPS) is 13.3. The SMILES string of the molecule is CC(C)[C@@H](O)CNC(=O)Nc1cc(CC(C)(C)C)nn1C. The lowest BCUT2D eigenvalue weighted by atomic mass is 9.91. The second-order valence-electron chi connectivity index (χ2n) is 7.03. The van der Waals surface area contributed by atoms with E-state index in [4.69, 9.17) is 0 Å². The van der Waals surface area contributed by atoms with Crippen molar-refractivity contribution in [1.82, 2.24) is 15.1 Å². The lowest BCUT2D eigenvalue weighted by Gasteiger charge is -2.15. The molecular weight excluding hydrogens is 268 g/mol. The van der Waals surface area contributed by atoms with Gasteiger partial charge in [0, 0.05) is 19.7 Å². The number of aliphatic hydroxyl groups is 1. The second-order valence-corrected chi connectivity index (χ2v) is 7.03. The summed E-state index contributed by atoms with van der Waals surface area (Å²) in [5.74, 6) is 0.756. The molecule has 0 aliphatic heterocycles. The third-order valence-electron chi connectivity index (χ3n) is 3.12. The molecule has 1 aromatic rings. The Morgan fingerprint density at radius 1 is 1.43 bits per heavy atom. The van der Waals surface area contributed by atoms with Crippen molar-refractivity contribution in [3.05, 3.63) is 11.8 Å². The van der Waals surface area contributed by atoms with Gasteiger partial charge in [-0.25, -0.2) is 4.79 Å². The zero-order chi connectivity index (χ0) is 16.2. The Hall–Kier alpha value is -1.56. The average Bonchev–Trinajstić information content (AvgIpc) is 2.63. The van der Waals surface area contributed by atoms with E-state index in [1.54, 1.807) is 11.7 Å². The summed E-state index contributed by atoms with van der Waals surface area (Å²) in [6, 6.07) is 1.55. The van der Waals surface area contributed by atoms with Crippen molar-refractivity contribution in [3.63, 3.8) is 0 Å². The molecule has 0 aliphatic carbocycles. The molecule has 6 heteroatoms. The molecule has 0 radical (unpaired) electrons. The van der Waals surface area contributed by atoms with Crippen molar-refractivity contribution < 1.29 is 9.90 Å². The number of anilines is 1. The number of amides is 2. The topological polar surface area (TPSA) is 79.2 Å². The first-order valence-corrected chi connectivity index (χ1v) is 7.34. The first-order valence-electron chi connectivity index (χ1n) is 7.34. The van der Waals surface area contributed by atoms with Gasteiger partial charge >= 0.3 is 6.03 Å². The fraction of sp³-hybridized carbons (Fsp3) is 0.733. The minimum atomic E-state index is -0.543. The van der Waals surface area contributed by atoms with E-state index >= 15 is 0 Å². The van der Waals surface area contributed by atoms with Crippen molar-refractivity contribution in [3.8, 4) is 0 Å². The number of hydrogen-bond donors (Lipinski definition) is 3. The maximum Gasteiger partial charge on any atom is 0.320 e. The van der Waals surface area contributed by atoms with Gasteiger partial charge in [0.05, 0.1) is 11.8 Å². The molecule has 120 valence electrons. The average molecular weight is 296 g/mol. The van der Waals surface area contributed by atoms with Gasteiger partial charge in [-0.3, -0.25) is 10.00 Å². The van der Waals surface area contributed by atoms with Crippen molar-refractivity contribution >= 4 is 11.8 Å². The smallest absolute Gasteiger partial charge is 0.320 e. The number of rotatable bonds is 5. The van der Waals surface area contributed by atoms with Gasteiger partial charge < -0.3 is 10.4 Å². The second kappa shape index (κ2) is 6.93. The first-order chi connectivity index (χ1) is 9.58. The largest absolute Gasteiger partial charge is 0.391 e. The number of nitrogens with one attached hydrogen (secondary N) is 2. The van der Waals surface area contributed by atoms with E-state index in [1.165, 1.54) is 0 Å². The van der Waals surface area contributed by atoms with Crippen LogP contribution in [-0.2, 0) is 13.5 Å². The Morgan fingerprint density at radius 2 is 2.05 bits per heavy atom. The van der Waals surface area contributed by atoms with E-state index in [1.807, 2.05) is 19.9 Å². The lowest BCUT2D eigenvalue weighted by Crippen LogP contribution is -2.37. The van der Waals surface area contributed by atoms with E-state index in [9.17, 15) is 9.90 Å². The summed E-state index contributed by atoms with van der Waals surface area (Å²) < 4.78 is 1.65. The predicted octanol–water partition coefficient (Wildman–Crippen LogP) is 2.15. The summed E-state index contributed by atoms with van der Waals surface area (Å²) >= 11 is 0. The zero-order valence-corrected chi connectivity index (χ0v) is 13.9. The summed E-state index contributed by atoms with van der Waals surface area (Å²) in [6.45, 7) is 10.5. The third kappa shape index (κ3) is 6.16. The van der Waals surface area contributed by atoms with Crippen LogP contribution < -0.4 is 10.6 Å². The van der Waals surface area contributed by atoms with Crippen LogP contribution in [0.15, 0.2) is 6.07 Å². The Morgan fingerprint density at radius 3 is 2.57 bits per heavy atom. The van der Waals surface area contributed by atoms with Gasteiger partial charge in [-0.05, 0) is 17.8 Å². The number of aryl methyl sites for hydroxylation is 1. The number of aliphatic hydroxyl groups excluding tert-OH is 1. The van der Waals surface area contributed by atoms with Gasteiger partial charge in [-0.15, -0.1) is 0 Å². The highest BCUT2D eigenvalue weighted by Gasteiger charge is 2.16. The van der Waals surface area contributed by atoms with E-state index in [0.717, 1.165) is 12.1 Å². The van der Waals surface area contributed by atoms with Crippen molar-refractivity contribution in [2.24, 2.45) is 18.4 Å². The van der Waals surface area contributed by atoms with E-state index in [2.05, 4.69) is 36.5 Å². The van der Waals surface area contributed by atoms with Crippen LogP contribution in [0, 0.1) is 11.3 Å². The molecule has 0 saturated heterocycles. The molecule has 1 atom stereocenters. The molecule has 0 bridgehead atoms. The minimum absolute atomic E-state index is 0.111. The Bertz CT molecular complexity index is 475. The lowest BCUT2D eigenvalue weighted by molar-refractivity contribution is 0.126. The van der Waals surface area contributed by atoms with Crippen LogP contribution >= 0.6 is 0 Å². The molecule has 0 saturated carbocycles. The number of carbonyl (C=O) groups excluding carboxylic acids is 1. The molecule has 1 aromatic heterocycles. The van der Waals surface area contributed by atoms with Crippen LogP contribution in [0.4, 0.5) is 10.6 Å². The highest BCUT2D eigenvalue weighted by atomic mass is 16.3. The van der Waals surface area contributed by atoms with E-state index in [0.29, 0.717) is 5.82 Å². The van der Waals surface area contributed by atoms with Crippen LogP contribution in [0.3, 0.4) is 0 Å². The highest BCUT2D eigenvalue weighted by Crippen LogP contribution is 2.21. The van der Waals surface area contributed by atoms with Gasteiger partial charge in [0.2, 0.25) is 0 Å². The highest BCUT2D eigenvalue weighted by molar-refractivity contribution is 5.88. The molecule has 0 aliphatic rings. The molecule has 0 spiro atoms. The van der Waals surface area contributed by atoms with Gasteiger partial charge in [-0.2, -0.15) is 5.10 Å². The number of nitrogens with zero attached hydrogens (tertiary/aromatic N) is 2. The molecule has 1 heterocycles. The zero-order valence-electron chi connectivity index (χ0n) is 13.9. The Kier molecular flexibility index (Phi) is 5.78. The predicted molar refractivity (Wildman–Crippen MR) is 84.2 cm³/mol. The number of urea groups is 1. The minimum Gasteiger partial charge on any atom is -0.391 e. The molecular formula is C15H28N4O2. The number of aromatic nitrogens is 2. The summed E-state index contributed by atoms with van der Waals surface area (Å²) in [5, 5.41) is 19.5. The van der Waals surface area contributed by atoms with Crippen LogP contribution in [-0.4, -0.2) is 33.6 Å². The molecule has 6 nitrogen and oxygen atoms in total. The maximum absolute atomic E-state index is 11.8. The number of hydrogen-bond acceptors (Lipinski definition) is 3. The summed E-state index contributed by atoms with van der Waals surface area (Å²) in [6.07, 6.45) is 0.301. The molecule has 0 aromatic carbocycles. The molecule has 1 rings (SSSR count). The molecule has 21 heavy (non-hydrogen) atoms. The fourth-order valence-corrected chi connectivity index (χ4v) is 1.87. The summed E-state index contributed by atoms with van der Waals surface area (Å²) in [5.41, 5.74) is 1.09. The fourth-order valence-electron chi connectivity index (χ4n) is 1.87. The summed E-state index contributed by atoms with van der Waals surface area (Å²) in [7, 11) is 1.80. The molecule has 0 fully saturated rings. The maximum atomic E-state index is 11.8. The monoisotopic (exact) mass is 296 g/mol. The van der Waals surface area contributed by atoms with Crippen molar-refractivity contribution in [2.45, 2.75) is 47.1 Å². The van der Waals surface area contributed by atoms with Gasteiger partial charge in [0.1, 0.15) is 5.82 Å². The Balaban J connectivity index is 2.57. The quantitative estimate of drug-likeness (QED) is 0.779. The third-order valence-corrected chi connectivity index (χ3v) is 3.12. The van der Waals surface area contributed by atoms with Crippen molar-refractivity contribution in [2.75, 3.05) is 11.9 Å². The van der Waals surface area contributed by atoms with Crippen LogP contribution in [0.1, 0.15) is 40.3 Å². The van der Waals surface area contributed by atoms with Crippen LogP contribution in [0.2, 0.25) is 0 Å². The van der Waals surface area contributed by atoms with Crippen molar-refractivity contribution in [1.29, 1.82) is 0 Å². The summed E-state index contributed by atoms with van der Waals surface area (Å²) in [4.78, 5) is 11.8. The van der Waals surface area contributed by atoms with Gasteiger partial charge in [0.15, 0.2) is 0 Å². The van der Waals surface area contributed by atoms with E-state index in [-0.39, 0.29) is 23.9 Å². The molecule has 3 N–H and O–H groups in total.